The molecule has 0 aliphatic heterocycles. The fraction of sp³-hybridized carbons (Fsp3) is 1.00. The van der Waals surface area contributed by atoms with E-state index in [0.29, 0.717) is 0 Å². The van der Waals surface area contributed by atoms with Gasteiger partial charge in [-0.25, -0.2) is 12.6 Å². The Kier molecular flexibility index (Phi) is 28.4. The zero-order chi connectivity index (χ0) is 56.8. The quantitative estimate of drug-likeness (QED) is 0.0920. The average molecular weight is 1860 g/mol. The van der Waals surface area contributed by atoms with E-state index in [-0.39, 0.29) is 0 Å². The molecule has 0 bridgehead atoms. The van der Waals surface area contributed by atoms with Crippen molar-refractivity contribution in [1.29, 1.82) is 0 Å². The molecule has 3 nitrogen and oxygen atoms in total. The number of hydrogen-bond acceptors (Lipinski definition) is 3. The van der Waals surface area contributed by atoms with Crippen LogP contribution >= 0.6 is 499 Å². The first-order valence-electron chi connectivity index (χ1n) is 13.9. The molecule has 0 aliphatic carbocycles. The van der Waals surface area contributed by atoms with Crippen molar-refractivity contribution in [2.45, 2.75) is 90.6 Å². The van der Waals surface area contributed by atoms with E-state index in [2.05, 4.69) is 4.18 Å². The Morgan fingerprint density at radius 1 is 0.176 bits per heavy atom. The van der Waals surface area contributed by atoms with E-state index < -0.39 is 102 Å². The molecule has 0 heterocycles. The molecule has 0 rings (SSSR count). The molecule has 0 saturated carbocycles. The van der Waals surface area contributed by atoms with E-state index in [4.69, 9.17) is 499 Å². The highest BCUT2D eigenvalue weighted by atomic mass is 35.6. The van der Waals surface area contributed by atoms with Crippen LogP contribution in [0, 0.1) is 0 Å². The van der Waals surface area contributed by atoms with Crippen molar-refractivity contribution < 1.29 is 12.6 Å². The Morgan fingerprint density at radius 2 is 0.279 bits per heavy atom. The van der Waals surface area contributed by atoms with E-state index in [0.717, 1.165) is 0 Å². The van der Waals surface area contributed by atoms with Crippen LogP contribution in [0.2, 0.25) is 0 Å². The SMILES string of the molecule is O=[SH](=O)OC(Cl)(Cl)C(Cl)(Cl)C(Cl)(Cl)C(Cl)(Cl)C(Cl)(Cl)C(Cl)(Cl)C(Cl)(Cl)C(Cl)(Cl)C(Cl)(Cl)C(Cl)(Cl)C(Cl)(Cl)C(Cl)(Cl)C(Cl)(Cl)C(Cl)(Cl)C(Cl)(Cl)C(Cl)(Cl)C(Cl)(Cl)C(Cl)(Cl)C(Cl)(Cl)C(Cl)(Cl)C(Cl)(Cl)Cl. The van der Waals surface area contributed by atoms with Gasteiger partial charge in [0, 0.05) is 0 Å². The summed E-state index contributed by atoms with van der Waals surface area (Å²) in [7, 11) is -4.04. The number of rotatable bonds is 21. The third-order valence-corrected chi connectivity index (χ3v) is 39.7. The van der Waals surface area contributed by atoms with E-state index >= 15 is 0 Å². The Hall–Kier alpha value is 12.4. The summed E-state index contributed by atoms with van der Waals surface area (Å²) in [5.74, 6) is 0. The molecule has 0 aromatic rings. The van der Waals surface area contributed by atoms with Crippen LogP contribution in [0.4, 0.5) is 0 Å². The average Bonchev–Trinajstić information content (AvgIpc) is 3.08. The van der Waals surface area contributed by atoms with Gasteiger partial charge in [0.05, 0.1) is 0 Å². The summed E-state index contributed by atoms with van der Waals surface area (Å²) in [6.07, 6.45) is 0. The van der Waals surface area contributed by atoms with Crippen LogP contribution < -0.4 is 0 Å². The predicted octanol–water partition coefficient (Wildman–Crippen LogP) is 24.3. The van der Waals surface area contributed by atoms with Crippen molar-refractivity contribution in [2.24, 2.45) is 0 Å². The standard InChI is InChI=1S/C21HCl43O3S/c22-1(23,2(24,25)4(28,29)6(32,33)8(36,37)10(40,41)12(44,45)14(48,49)16(52,53)18(56,57)20(60,61)62)3(26,27)5(30,31)7(34,35)9(38,39)11(42,43)13(46,47)15(50,51)17(54,55)19(58,59)21(63,64)67-68(65)66/h68H. The summed E-state index contributed by atoms with van der Waals surface area (Å²) in [5.41, 5.74) is 0. The van der Waals surface area contributed by atoms with Gasteiger partial charge >= 0.3 is 0 Å². The normalized spacial score (nSPS) is 17.4. The van der Waals surface area contributed by atoms with Gasteiger partial charge in [-0.3, -0.25) is 0 Å². The van der Waals surface area contributed by atoms with Gasteiger partial charge < -0.3 is 0 Å². The summed E-state index contributed by atoms with van der Waals surface area (Å²) in [4.78, 5) is 0. The highest BCUT2D eigenvalue weighted by molar-refractivity contribution is 7.67. The molecule has 0 radical (unpaired) electrons. The highest BCUT2D eigenvalue weighted by Gasteiger charge is 2.89. The van der Waals surface area contributed by atoms with Gasteiger partial charge in [-0.2, -0.15) is 0 Å². The molecular formula is C21HCl43O3S. The molecule has 0 aromatic carbocycles. The molecule has 0 spiro atoms. The highest BCUT2D eigenvalue weighted by Crippen LogP contribution is 2.80. The molecule has 0 fully saturated rings. The minimum absolute atomic E-state index is 2.93. The van der Waals surface area contributed by atoms with E-state index in [9.17, 15) is 8.42 Å². The lowest BCUT2D eigenvalue weighted by Gasteiger charge is -2.59. The first kappa shape index (κ1) is 80.4. The Bertz CT molecular complexity index is 1920. The fourth-order valence-corrected chi connectivity index (χ4v) is 19.4. The van der Waals surface area contributed by atoms with Crippen LogP contribution in [0.3, 0.4) is 0 Å². The third kappa shape index (κ3) is 12.0. The summed E-state index contributed by atoms with van der Waals surface area (Å²) in [6, 6.07) is 0. The van der Waals surface area contributed by atoms with Gasteiger partial charge in [-0.05, 0) is 0 Å². The summed E-state index contributed by atoms with van der Waals surface area (Å²) >= 11 is 276. The minimum atomic E-state index is -4.04. The second-order valence-corrected chi connectivity index (χ2v) is 41.6. The molecular weight excluding hydrogens is 1860 g/mol. The van der Waals surface area contributed by atoms with Crippen LogP contribution in [-0.2, 0) is 15.2 Å². The van der Waals surface area contributed by atoms with Crippen molar-refractivity contribution >= 4 is 510 Å². The van der Waals surface area contributed by atoms with Gasteiger partial charge in [0.15, 0.2) is 73.7 Å². The summed E-state index contributed by atoms with van der Waals surface area (Å²) in [6.45, 7) is 0. The van der Waals surface area contributed by atoms with Crippen LogP contribution in [0.5, 0.6) is 0 Å². The molecule has 68 heavy (non-hydrogen) atoms. The van der Waals surface area contributed by atoms with Gasteiger partial charge in [0.25, 0.3) is 15.5 Å². The second kappa shape index (κ2) is 24.1. The molecule has 47 heteroatoms. The molecule has 0 aromatic heterocycles. The van der Waals surface area contributed by atoms with Crippen LogP contribution in [0.1, 0.15) is 0 Å². The first-order chi connectivity index (χ1) is 28.4. The van der Waals surface area contributed by atoms with E-state index in [1.165, 1.54) is 0 Å². The molecule has 410 valence electrons. The summed E-state index contributed by atoms with van der Waals surface area (Å²) < 4.78 is -49.9. The van der Waals surface area contributed by atoms with E-state index in [1.54, 1.807) is 0 Å². The number of halogens is 43. The maximum absolute atomic E-state index is 11.3. The topological polar surface area (TPSA) is 43.4 Å². The Labute approximate surface area is 602 Å². The van der Waals surface area contributed by atoms with Crippen LogP contribution in [0.25, 0.3) is 0 Å². The maximum Gasteiger partial charge on any atom is 0.270 e. The van der Waals surface area contributed by atoms with Crippen molar-refractivity contribution in [3.63, 3.8) is 0 Å². The molecule has 0 saturated heterocycles. The zero-order valence-corrected chi connectivity index (χ0v) is 61.8. The Morgan fingerprint density at radius 3 is 0.382 bits per heavy atom. The predicted molar refractivity (Wildman–Crippen MR) is 320 cm³/mol. The van der Waals surface area contributed by atoms with Crippen LogP contribution in [-0.4, -0.2) is 99.1 Å². The van der Waals surface area contributed by atoms with Gasteiger partial charge in [-0.1, -0.05) is 499 Å². The van der Waals surface area contributed by atoms with Gasteiger partial charge in [-0.15, -0.1) is 0 Å². The molecule has 0 atom stereocenters. The number of hydrogen-bond donors (Lipinski definition) is 1. The number of thiol groups is 1. The monoisotopic (exact) mass is 1840 g/mol. The lowest BCUT2D eigenvalue weighted by molar-refractivity contribution is 0.223. The number of alkyl halides is 43. The zero-order valence-electron chi connectivity index (χ0n) is 28.4. The maximum atomic E-state index is 11.3. The molecule has 0 amide bonds. The summed E-state index contributed by atoms with van der Waals surface area (Å²) in [5, 5.41) is 0. The third-order valence-electron chi connectivity index (χ3n) is 8.01. The van der Waals surface area contributed by atoms with Gasteiger partial charge in [0.1, 0.15) is 0 Å². The van der Waals surface area contributed by atoms with Crippen molar-refractivity contribution in [1.82, 2.24) is 0 Å². The molecule has 0 aliphatic rings. The fourth-order valence-electron chi connectivity index (χ4n) is 3.86. The largest absolute Gasteiger partial charge is 0.270 e. The Balaban J connectivity index is 8.06. The van der Waals surface area contributed by atoms with Crippen molar-refractivity contribution in [2.75, 3.05) is 0 Å². The molecule has 0 N–H and O–H groups in total. The lowest BCUT2D eigenvalue weighted by atomic mass is 9.95. The van der Waals surface area contributed by atoms with Crippen molar-refractivity contribution in [3.05, 3.63) is 0 Å². The lowest BCUT2D eigenvalue weighted by Crippen LogP contribution is -2.76. The van der Waals surface area contributed by atoms with Gasteiger partial charge in [0.2, 0.25) is 12.5 Å². The smallest absolute Gasteiger partial charge is 0.229 e. The molecule has 0 unspecified atom stereocenters. The first-order valence-corrected chi connectivity index (χ1v) is 31.2. The van der Waals surface area contributed by atoms with E-state index in [1.807, 2.05) is 0 Å². The minimum Gasteiger partial charge on any atom is -0.229 e. The second-order valence-electron chi connectivity index (χ2n) is 12.2. The van der Waals surface area contributed by atoms with Crippen molar-refractivity contribution in [3.8, 4) is 0 Å². The van der Waals surface area contributed by atoms with Crippen LogP contribution in [0.15, 0.2) is 0 Å².